The van der Waals surface area contributed by atoms with Crippen molar-refractivity contribution in [2.24, 2.45) is 34.0 Å². The minimum absolute atomic E-state index is 0.0543. The Morgan fingerprint density at radius 3 is 2.06 bits per heavy atom. The lowest BCUT2D eigenvalue weighted by molar-refractivity contribution is -0.142. The first-order chi connectivity index (χ1) is 14.9. The molecule has 5 atom stereocenters. The number of hydrogen-bond donors (Lipinski definition) is 7. The van der Waals surface area contributed by atoms with Crippen LogP contribution in [0.4, 0.5) is 0 Å². The van der Waals surface area contributed by atoms with Crippen LogP contribution in [-0.2, 0) is 19.2 Å². The van der Waals surface area contributed by atoms with Crippen LogP contribution >= 0.6 is 0 Å². The summed E-state index contributed by atoms with van der Waals surface area (Å²) in [5, 5.41) is 16.8. The number of carbonyl (C=O) groups is 4. The zero-order chi connectivity index (χ0) is 24.8. The second-order valence-electron chi connectivity index (χ2n) is 7.91. The molecule has 0 spiro atoms. The first-order valence-corrected chi connectivity index (χ1v) is 10.9. The highest BCUT2D eigenvalue weighted by molar-refractivity contribution is 5.92. The summed E-state index contributed by atoms with van der Waals surface area (Å²) >= 11 is 0. The highest BCUT2D eigenvalue weighted by Crippen LogP contribution is 2.10. The van der Waals surface area contributed by atoms with Gasteiger partial charge in [-0.3, -0.25) is 19.4 Å². The monoisotopic (exact) mass is 457 g/mol. The fourth-order valence-corrected chi connectivity index (χ4v) is 2.75. The van der Waals surface area contributed by atoms with E-state index in [1.165, 1.54) is 0 Å². The van der Waals surface area contributed by atoms with Crippen molar-refractivity contribution in [3.8, 4) is 0 Å². The largest absolute Gasteiger partial charge is 0.480 e. The van der Waals surface area contributed by atoms with E-state index in [1.807, 2.05) is 20.8 Å². The van der Waals surface area contributed by atoms with Crippen molar-refractivity contribution in [3.05, 3.63) is 0 Å². The highest BCUT2D eigenvalue weighted by Gasteiger charge is 2.29. The molecule has 0 aromatic rings. The Labute approximate surface area is 189 Å². The molecule has 0 saturated heterocycles. The molecule has 0 aliphatic rings. The Morgan fingerprint density at radius 1 is 0.969 bits per heavy atom. The van der Waals surface area contributed by atoms with Crippen molar-refractivity contribution in [2.45, 2.75) is 71.5 Å². The molecule has 0 saturated carbocycles. The molecule has 0 heterocycles. The molecule has 32 heavy (non-hydrogen) atoms. The number of carboxylic acid groups (broad SMARTS) is 1. The third-order valence-corrected chi connectivity index (χ3v) is 5.35. The number of hydrogen-bond acceptors (Lipinski definition) is 6. The van der Waals surface area contributed by atoms with Crippen LogP contribution in [0.2, 0.25) is 0 Å². The maximum absolute atomic E-state index is 12.6. The summed E-state index contributed by atoms with van der Waals surface area (Å²) in [6, 6.07) is -2.77. The molecule has 3 amide bonds. The van der Waals surface area contributed by atoms with Gasteiger partial charge in [0.15, 0.2) is 5.96 Å². The van der Waals surface area contributed by atoms with Crippen LogP contribution in [0.1, 0.15) is 53.4 Å². The Morgan fingerprint density at radius 2 is 1.56 bits per heavy atom. The number of guanidine groups is 1. The lowest BCUT2D eigenvalue weighted by Crippen LogP contribution is -2.56. The zero-order valence-electron chi connectivity index (χ0n) is 19.4. The molecule has 12 nitrogen and oxygen atoms in total. The van der Waals surface area contributed by atoms with Crippen LogP contribution in [0.3, 0.4) is 0 Å². The van der Waals surface area contributed by atoms with Crippen LogP contribution in [0, 0.1) is 11.8 Å². The topological polar surface area (TPSA) is 215 Å². The number of carbonyl (C=O) groups excluding carboxylic acids is 3. The van der Waals surface area contributed by atoms with E-state index in [9.17, 15) is 24.3 Å². The van der Waals surface area contributed by atoms with E-state index < -0.39 is 48.4 Å². The average Bonchev–Trinajstić information content (AvgIpc) is 2.75. The molecule has 0 bridgehead atoms. The van der Waals surface area contributed by atoms with Gasteiger partial charge in [0, 0.05) is 6.54 Å². The maximum atomic E-state index is 12.6. The highest BCUT2D eigenvalue weighted by atomic mass is 16.4. The normalized spacial score (nSPS) is 15.4. The lowest BCUT2D eigenvalue weighted by atomic mass is 9.95. The van der Waals surface area contributed by atoms with Gasteiger partial charge in [-0.25, -0.2) is 4.79 Å². The molecule has 10 N–H and O–H groups in total. The Bertz CT molecular complexity index is 667. The first-order valence-electron chi connectivity index (χ1n) is 10.9. The van der Waals surface area contributed by atoms with Gasteiger partial charge >= 0.3 is 5.97 Å². The fraction of sp³-hybridized carbons (Fsp3) is 0.750. The predicted octanol–water partition coefficient (Wildman–Crippen LogP) is -1.37. The molecule has 0 aliphatic heterocycles. The molecular formula is C20H39N7O5. The van der Waals surface area contributed by atoms with Gasteiger partial charge < -0.3 is 38.3 Å². The van der Waals surface area contributed by atoms with Gasteiger partial charge in [-0.15, -0.1) is 0 Å². The lowest BCUT2D eigenvalue weighted by Gasteiger charge is -2.26. The molecule has 184 valence electrons. The van der Waals surface area contributed by atoms with E-state index in [0.717, 1.165) is 0 Å². The minimum atomic E-state index is -1.21. The van der Waals surface area contributed by atoms with Gasteiger partial charge in [0.25, 0.3) is 0 Å². The molecule has 5 unspecified atom stereocenters. The van der Waals surface area contributed by atoms with Crippen molar-refractivity contribution in [1.29, 1.82) is 0 Å². The van der Waals surface area contributed by atoms with E-state index in [0.29, 0.717) is 19.3 Å². The van der Waals surface area contributed by atoms with E-state index in [-0.39, 0.29) is 30.8 Å². The van der Waals surface area contributed by atoms with E-state index >= 15 is 0 Å². The molecule has 0 aromatic heterocycles. The number of amides is 3. The number of nitrogens with two attached hydrogens (primary N) is 3. The summed E-state index contributed by atoms with van der Waals surface area (Å²) in [5.41, 5.74) is 16.4. The number of aliphatic carboxylic acids is 1. The molecule has 12 heteroatoms. The molecule has 0 fully saturated rings. The third kappa shape index (κ3) is 10.9. The van der Waals surface area contributed by atoms with Crippen molar-refractivity contribution in [2.75, 3.05) is 13.1 Å². The Balaban J connectivity index is 4.87. The van der Waals surface area contributed by atoms with Crippen LogP contribution < -0.4 is 33.2 Å². The standard InChI is InChI=1S/C20H39N7O5/c1-5-11(3)15(21)17(29)27-16(12(4)6-2)18(30)25-10-14(28)26-13(19(31)32)8-7-9-24-20(22)23/h11-13,15-16H,5-10,21H2,1-4H3,(H,25,30)(H,26,28)(H,27,29)(H,31,32)(H4,22,23,24). The molecule has 0 aliphatic carbocycles. The number of rotatable bonds is 15. The van der Waals surface area contributed by atoms with Gasteiger partial charge in [0.05, 0.1) is 12.6 Å². The quantitative estimate of drug-likeness (QED) is 0.0882. The molecule has 0 radical (unpaired) electrons. The molecule has 0 aromatic carbocycles. The zero-order valence-corrected chi connectivity index (χ0v) is 19.4. The van der Waals surface area contributed by atoms with Crippen LogP contribution in [0.5, 0.6) is 0 Å². The van der Waals surface area contributed by atoms with Gasteiger partial charge in [-0.1, -0.05) is 40.5 Å². The van der Waals surface area contributed by atoms with Crippen molar-refractivity contribution in [3.63, 3.8) is 0 Å². The van der Waals surface area contributed by atoms with Gasteiger partial charge in [0.1, 0.15) is 12.1 Å². The van der Waals surface area contributed by atoms with Gasteiger partial charge in [0.2, 0.25) is 17.7 Å². The molecule has 0 rings (SSSR count). The average molecular weight is 458 g/mol. The SMILES string of the molecule is CCC(C)C(N)C(=O)NC(C(=O)NCC(=O)NC(CCCN=C(N)N)C(=O)O)C(C)CC. The third-order valence-electron chi connectivity index (χ3n) is 5.35. The van der Waals surface area contributed by atoms with Crippen LogP contribution in [-0.4, -0.2) is 66.0 Å². The van der Waals surface area contributed by atoms with Crippen molar-refractivity contribution < 1.29 is 24.3 Å². The Kier molecular flexibility index (Phi) is 13.6. The van der Waals surface area contributed by atoms with Crippen molar-refractivity contribution >= 4 is 29.7 Å². The summed E-state index contributed by atoms with van der Waals surface area (Å²) in [7, 11) is 0. The second kappa shape index (κ2) is 15.0. The number of nitrogens with one attached hydrogen (secondary N) is 3. The summed E-state index contributed by atoms with van der Waals surface area (Å²) < 4.78 is 0. The van der Waals surface area contributed by atoms with E-state index in [2.05, 4.69) is 20.9 Å². The summed E-state index contributed by atoms with van der Waals surface area (Å²) in [5.74, 6) is -3.21. The summed E-state index contributed by atoms with van der Waals surface area (Å²) in [4.78, 5) is 52.3. The maximum Gasteiger partial charge on any atom is 0.326 e. The fourth-order valence-electron chi connectivity index (χ4n) is 2.75. The second-order valence-corrected chi connectivity index (χ2v) is 7.91. The van der Waals surface area contributed by atoms with E-state index in [1.54, 1.807) is 6.92 Å². The predicted molar refractivity (Wildman–Crippen MR) is 121 cm³/mol. The van der Waals surface area contributed by atoms with E-state index in [4.69, 9.17) is 17.2 Å². The first kappa shape index (κ1) is 29.1. The molecular weight excluding hydrogens is 418 g/mol. The van der Waals surface area contributed by atoms with Crippen LogP contribution in [0.15, 0.2) is 4.99 Å². The smallest absolute Gasteiger partial charge is 0.326 e. The van der Waals surface area contributed by atoms with Gasteiger partial charge in [-0.2, -0.15) is 0 Å². The van der Waals surface area contributed by atoms with Crippen LogP contribution in [0.25, 0.3) is 0 Å². The number of aliphatic imine (C=N–C) groups is 1. The Hall–Kier alpha value is -2.89. The van der Waals surface area contributed by atoms with Gasteiger partial charge in [-0.05, 0) is 24.7 Å². The summed E-state index contributed by atoms with van der Waals surface area (Å²) in [6.07, 6.45) is 1.79. The minimum Gasteiger partial charge on any atom is -0.480 e. The number of carboxylic acids is 1. The summed E-state index contributed by atoms with van der Waals surface area (Å²) in [6.45, 7) is 7.24. The van der Waals surface area contributed by atoms with Crippen molar-refractivity contribution in [1.82, 2.24) is 16.0 Å². The number of nitrogens with zero attached hydrogens (tertiary/aromatic N) is 1.